The van der Waals surface area contributed by atoms with Gasteiger partial charge in [-0.15, -0.1) is 0 Å². The van der Waals surface area contributed by atoms with Crippen LogP contribution in [-0.2, 0) is 10.0 Å². The van der Waals surface area contributed by atoms with Gasteiger partial charge in [-0.25, -0.2) is 8.42 Å². The number of nitrogens with zero attached hydrogens (tertiary/aromatic N) is 1. The highest BCUT2D eigenvalue weighted by Gasteiger charge is 2.22. The van der Waals surface area contributed by atoms with Crippen molar-refractivity contribution in [2.75, 3.05) is 17.1 Å². The summed E-state index contributed by atoms with van der Waals surface area (Å²) < 4.78 is 26.7. The third-order valence-electron chi connectivity index (χ3n) is 2.82. The molecule has 0 aliphatic carbocycles. The molecule has 0 fully saturated rings. The van der Waals surface area contributed by atoms with E-state index in [9.17, 15) is 13.5 Å². The Kier molecular flexibility index (Phi) is 3.92. The first-order valence-corrected chi connectivity index (χ1v) is 7.88. The van der Waals surface area contributed by atoms with Crippen LogP contribution in [0.3, 0.4) is 0 Å². The van der Waals surface area contributed by atoms with Crippen molar-refractivity contribution >= 4 is 37.3 Å². The van der Waals surface area contributed by atoms with Crippen LogP contribution in [0.25, 0.3) is 0 Å². The minimum Gasteiger partial charge on any atom is -0.508 e. The minimum absolute atomic E-state index is 0.000120. The molecule has 7 heteroatoms. The number of hydrogen-bond acceptors (Lipinski definition) is 4. The van der Waals surface area contributed by atoms with Crippen molar-refractivity contribution in [3.05, 3.63) is 46.9 Å². The summed E-state index contributed by atoms with van der Waals surface area (Å²) in [7, 11) is -2.31. The van der Waals surface area contributed by atoms with Crippen molar-refractivity contribution in [3.8, 4) is 5.75 Å². The first-order valence-electron chi connectivity index (χ1n) is 5.65. The van der Waals surface area contributed by atoms with E-state index in [0.29, 0.717) is 15.8 Å². The second-order valence-electron chi connectivity index (χ2n) is 4.18. The highest BCUT2D eigenvalue weighted by molar-refractivity contribution is 9.10. The SMILES string of the molecule is CN(c1cccc(O)c1)S(=O)(=O)c1ccc(Br)c(N)c1. The average Bonchev–Trinajstić information content (AvgIpc) is 2.40. The summed E-state index contributed by atoms with van der Waals surface area (Å²) in [5.41, 5.74) is 6.42. The number of nitrogen functional groups attached to an aromatic ring is 1. The summed E-state index contributed by atoms with van der Waals surface area (Å²) in [6.07, 6.45) is 0. The number of rotatable bonds is 3. The van der Waals surface area contributed by atoms with Crippen LogP contribution in [-0.4, -0.2) is 20.6 Å². The molecule has 2 aromatic carbocycles. The molecule has 0 bridgehead atoms. The maximum Gasteiger partial charge on any atom is 0.264 e. The lowest BCUT2D eigenvalue weighted by molar-refractivity contribution is 0.475. The predicted molar refractivity (Wildman–Crippen MR) is 82.3 cm³/mol. The van der Waals surface area contributed by atoms with Crippen molar-refractivity contribution in [2.24, 2.45) is 0 Å². The molecule has 0 aromatic heterocycles. The van der Waals surface area contributed by atoms with Gasteiger partial charge < -0.3 is 10.8 Å². The van der Waals surface area contributed by atoms with E-state index in [1.165, 1.54) is 31.3 Å². The van der Waals surface area contributed by atoms with E-state index in [0.717, 1.165) is 4.31 Å². The van der Waals surface area contributed by atoms with Gasteiger partial charge in [-0.05, 0) is 46.3 Å². The van der Waals surface area contributed by atoms with Crippen LogP contribution in [0.5, 0.6) is 5.75 Å². The lowest BCUT2D eigenvalue weighted by Gasteiger charge is -2.20. The van der Waals surface area contributed by atoms with Crippen molar-refractivity contribution in [1.29, 1.82) is 0 Å². The lowest BCUT2D eigenvalue weighted by atomic mass is 10.3. The summed E-state index contributed by atoms with van der Waals surface area (Å²) in [4.78, 5) is 0.0871. The fourth-order valence-corrected chi connectivity index (χ4v) is 3.14. The van der Waals surface area contributed by atoms with E-state index in [1.807, 2.05) is 0 Å². The summed E-state index contributed by atoms with van der Waals surface area (Å²) in [6, 6.07) is 10.5. The van der Waals surface area contributed by atoms with E-state index in [2.05, 4.69) is 15.9 Å². The maximum absolute atomic E-state index is 12.5. The van der Waals surface area contributed by atoms with E-state index in [1.54, 1.807) is 18.2 Å². The molecule has 0 unspecified atom stereocenters. The maximum atomic E-state index is 12.5. The third kappa shape index (κ3) is 2.73. The van der Waals surface area contributed by atoms with Gasteiger partial charge in [0.05, 0.1) is 10.6 Å². The Morgan fingerprint density at radius 3 is 2.50 bits per heavy atom. The van der Waals surface area contributed by atoms with Crippen LogP contribution >= 0.6 is 15.9 Å². The number of nitrogens with two attached hydrogens (primary N) is 1. The van der Waals surface area contributed by atoms with Gasteiger partial charge in [-0.2, -0.15) is 0 Å². The van der Waals surface area contributed by atoms with Gasteiger partial charge >= 0.3 is 0 Å². The Morgan fingerprint density at radius 2 is 1.90 bits per heavy atom. The Morgan fingerprint density at radius 1 is 1.20 bits per heavy atom. The van der Waals surface area contributed by atoms with Gasteiger partial charge in [0.25, 0.3) is 10.0 Å². The summed E-state index contributed by atoms with van der Waals surface area (Å²) in [5, 5.41) is 9.43. The monoisotopic (exact) mass is 356 g/mol. The predicted octanol–water partition coefficient (Wildman–Crippen LogP) is 2.56. The number of aromatic hydroxyl groups is 1. The number of anilines is 2. The molecule has 0 saturated carbocycles. The molecule has 0 spiro atoms. The number of hydrogen-bond donors (Lipinski definition) is 2. The second-order valence-corrected chi connectivity index (χ2v) is 7.00. The van der Waals surface area contributed by atoms with E-state index in [-0.39, 0.29) is 10.6 Å². The molecule has 2 aromatic rings. The molecular formula is C13H13BrN2O3S. The van der Waals surface area contributed by atoms with Gasteiger partial charge in [0.1, 0.15) is 5.75 Å². The Bertz CT molecular complexity index is 747. The largest absolute Gasteiger partial charge is 0.508 e. The molecule has 0 amide bonds. The highest BCUT2D eigenvalue weighted by Crippen LogP contribution is 2.28. The van der Waals surface area contributed by atoms with Crippen LogP contribution in [0.15, 0.2) is 51.8 Å². The van der Waals surface area contributed by atoms with Gasteiger partial charge in [-0.3, -0.25) is 4.31 Å². The Hall–Kier alpha value is -1.73. The van der Waals surface area contributed by atoms with Crippen LogP contribution in [0, 0.1) is 0 Å². The molecule has 106 valence electrons. The molecule has 5 nitrogen and oxygen atoms in total. The molecule has 20 heavy (non-hydrogen) atoms. The Balaban J connectivity index is 2.46. The summed E-state index contributed by atoms with van der Waals surface area (Å²) in [5.74, 6) is -0.000120. The number of sulfonamides is 1. The van der Waals surface area contributed by atoms with Crippen LogP contribution < -0.4 is 10.0 Å². The van der Waals surface area contributed by atoms with Gasteiger partial charge in [-0.1, -0.05) is 6.07 Å². The van der Waals surface area contributed by atoms with Crippen molar-refractivity contribution < 1.29 is 13.5 Å². The molecule has 2 rings (SSSR count). The molecular weight excluding hydrogens is 344 g/mol. The zero-order chi connectivity index (χ0) is 14.9. The number of phenolic OH excluding ortho intramolecular Hbond substituents is 1. The smallest absolute Gasteiger partial charge is 0.264 e. The fourth-order valence-electron chi connectivity index (χ4n) is 1.67. The number of halogens is 1. The van der Waals surface area contributed by atoms with E-state index >= 15 is 0 Å². The Labute approximate surface area is 125 Å². The first-order chi connectivity index (χ1) is 9.32. The normalized spacial score (nSPS) is 11.3. The van der Waals surface area contributed by atoms with Gasteiger partial charge in [0.15, 0.2) is 0 Å². The number of benzene rings is 2. The summed E-state index contributed by atoms with van der Waals surface area (Å²) in [6.45, 7) is 0. The molecule has 0 saturated heterocycles. The molecule has 0 atom stereocenters. The molecule has 0 aliphatic heterocycles. The lowest BCUT2D eigenvalue weighted by Crippen LogP contribution is -2.26. The summed E-state index contributed by atoms with van der Waals surface area (Å²) >= 11 is 3.22. The molecule has 3 N–H and O–H groups in total. The standard InChI is InChI=1S/C13H13BrN2O3S/c1-16(9-3-2-4-10(17)7-9)20(18,19)11-5-6-12(14)13(15)8-11/h2-8,17H,15H2,1H3. The average molecular weight is 357 g/mol. The van der Waals surface area contributed by atoms with Crippen LogP contribution in [0.2, 0.25) is 0 Å². The van der Waals surface area contributed by atoms with Crippen molar-refractivity contribution in [2.45, 2.75) is 4.90 Å². The van der Waals surface area contributed by atoms with Crippen molar-refractivity contribution in [3.63, 3.8) is 0 Å². The van der Waals surface area contributed by atoms with Crippen molar-refractivity contribution in [1.82, 2.24) is 0 Å². The molecule has 0 radical (unpaired) electrons. The van der Waals surface area contributed by atoms with Crippen LogP contribution in [0.4, 0.5) is 11.4 Å². The van der Waals surface area contributed by atoms with Gasteiger partial charge in [0.2, 0.25) is 0 Å². The second kappa shape index (κ2) is 5.34. The highest BCUT2D eigenvalue weighted by atomic mass is 79.9. The zero-order valence-electron chi connectivity index (χ0n) is 10.6. The topological polar surface area (TPSA) is 83.6 Å². The zero-order valence-corrected chi connectivity index (χ0v) is 13.0. The quantitative estimate of drug-likeness (QED) is 0.827. The minimum atomic E-state index is -3.73. The number of phenols is 1. The molecule has 0 heterocycles. The molecule has 0 aliphatic rings. The third-order valence-corrected chi connectivity index (χ3v) is 5.32. The van der Waals surface area contributed by atoms with E-state index in [4.69, 9.17) is 5.73 Å². The van der Waals surface area contributed by atoms with E-state index < -0.39 is 10.0 Å². The first kappa shape index (κ1) is 14.7. The fraction of sp³-hybridized carbons (Fsp3) is 0.0769. The van der Waals surface area contributed by atoms with Crippen LogP contribution in [0.1, 0.15) is 0 Å². The van der Waals surface area contributed by atoms with Gasteiger partial charge in [0, 0.05) is 23.3 Å².